The molecule has 0 bridgehead atoms. The van der Waals surface area contributed by atoms with E-state index in [1.807, 2.05) is 49.4 Å². The normalized spacial score (nSPS) is 15.2. The predicted molar refractivity (Wildman–Crippen MR) is 128 cm³/mol. The lowest BCUT2D eigenvalue weighted by Crippen LogP contribution is -2.08. The van der Waals surface area contributed by atoms with Gasteiger partial charge in [-0.3, -0.25) is 9.56 Å². The van der Waals surface area contributed by atoms with Crippen LogP contribution in [0.25, 0.3) is 16.6 Å². The number of nitrogens with zero attached hydrogens (tertiary/aromatic N) is 4. The van der Waals surface area contributed by atoms with E-state index >= 15 is 0 Å². The van der Waals surface area contributed by atoms with Crippen molar-refractivity contribution in [3.05, 3.63) is 112 Å². The molecule has 6 rings (SSSR count). The van der Waals surface area contributed by atoms with Crippen LogP contribution in [0.5, 0.6) is 0 Å². The van der Waals surface area contributed by atoms with E-state index in [2.05, 4.69) is 56.3 Å². The SMILES string of the molecule is Cc1nnc2n1-c1ccccc1C(c1ccc(Cl)cc1)=NC2Cc1c[nH]c2ccccc12. The van der Waals surface area contributed by atoms with Crippen molar-refractivity contribution in [1.29, 1.82) is 0 Å². The van der Waals surface area contributed by atoms with Crippen molar-refractivity contribution < 1.29 is 0 Å². The lowest BCUT2D eigenvalue weighted by molar-refractivity contribution is 0.658. The Morgan fingerprint density at radius 1 is 0.938 bits per heavy atom. The molecule has 1 aliphatic rings. The Kier molecular flexibility index (Phi) is 4.44. The lowest BCUT2D eigenvalue weighted by Gasteiger charge is -2.12. The number of nitrogens with one attached hydrogen (secondary N) is 1. The van der Waals surface area contributed by atoms with Crippen LogP contribution in [0.4, 0.5) is 0 Å². The minimum absolute atomic E-state index is 0.187. The summed E-state index contributed by atoms with van der Waals surface area (Å²) in [5.41, 5.74) is 6.40. The summed E-state index contributed by atoms with van der Waals surface area (Å²) in [6.45, 7) is 1.99. The maximum atomic E-state index is 6.17. The zero-order valence-corrected chi connectivity index (χ0v) is 18.2. The molecule has 0 saturated heterocycles. The third-order valence-corrected chi connectivity index (χ3v) is 6.29. The molecule has 6 heteroatoms. The number of halogens is 1. The van der Waals surface area contributed by atoms with Crippen LogP contribution < -0.4 is 0 Å². The zero-order chi connectivity index (χ0) is 21.7. The van der Waals surface area contributed by atoms with Gasteiger partial charge in [0.15, 0.2) is 5.82 Å². The molecule has 0 saturated carbocycles. The Labute approximate surface area is 190 Å². The van der Waals surface area contributed by atoms with Crippen molar-refractivity contribution in [2.45, 2.75) is 19.4 Å². The van der Waals surface area contributed by atoms with Crippen LogP contribution in [0.3, 0.4) is 0 Å². The van der Waals surface area contributed by atoms with E-state index in [0.29, 0.717) is 11.4 Å². The molecular weight excluding hydrogens is 418 g/mol. The molecular formula is C26H20ClN5. The number of aromatic nitrogens is 4. The summed E-state index contributed by atoms with van der Waals surface area (Å²) in [7, 11) is 0. The van der Waals surface area contributed by atoms with Crippen molar-refractivity contribution >= 4 is 28.2 Å². The highest BCUT2D eigenvalue weighted by Gasteiger charge is 2.28. The van der Waals surface area contributed by atoms with E-state index in [9.17, 15) is 0 Å². The van der Waals surface area contributed by atoms with Gasteiger partial charge in [0.1, 0.15) is 11.9 Å². The highest BCUT2D eigenvalue weighted by Crippen LogP contribution is 2.34. The Balaban J connectivity index is 1.57. The minimum Gasteiger partial charge on any atom is -0.361 e. The summed E-state index contributed by atoms with van der Waals surface area (Å²) < 4.78 is 2.14. The summed E-state index contributed by atoms with van der Waals surface area (Å²) in [6, 6.07) is 24.3. The molecule has 2 aromatic heterocycles. The predicted octanol–water partition coefficient (Wildman–Crippen LogP) is 5.85. The smallest absolute Gasteiger partial charge is 0.162 e. The van der Waals surface area contributed by atoms with Crippen molar-refractivity contribution in [3.63, 3.8) is 0 Å². The van der Waals surface area contributed by atoms with Crippen LogP contribution in [0, 0.1) is 6.92 Å². The first-order valence-electron chi connectivity index (χ1n) is 10.6. The Morgan fingerprint density at radius 3 is 2.59 bits per heavy atom. The molecule has 156 valence electrons. The van der Waals surface area contributed by atoms with Crippen molar-refractivity contribution in [1.82, 2.24) is 19.7 Å². The van der Waals surface area contributed by atoms with E-state index in [1.54, 1.807) is 0 Å². The second-order valence-electron chi connectivity index (χ2n) is 8.02. The molecule has 0 aliphatic carbocycles. The molecule has 3 heterocycles. The van der Waals surface area contributed by atoms with Crippen LogP contribution in [-0.2, 0) is 6.42 Å². The Morgan fingerprint density at radius 2 is 1.72 bits per heavy atom. The fourth-order valence-corrected chi connectivity index (χ4v) is 4.65. The highest BCUT2D eigenvalue weighted by molar-refractivity contribution is 6.30. The number of benzene rings is 3. The fourth-order valence-electron chi connectivity index (χ4n) is 4.53. The molecule has 0 fully saturated rings. The third-order valence-electron chi connectivity index (χ3n) is 6.04. The van der Waals surface area contributed by atoms with E-state index < -0.39 is 0 Å². The van der Waals surface area contributed by atoms with Gasteiger partial charge >= 0.3 is 0 Å². The summed E-state index contributed by atoms with van der Waals surface area (Å²) in [5, 5.41) is 10.9. The first kappa shape index (κ1) is 19.0. The molecule has 1 atom stereocenters. The minimum atomic E-state index is -0.187. The van der Waals surface area contributed by atoms with Crippen molar-refractivity contribution in [2.75, 3.05) is 0 Å². The van der Waals surface area contributed by atoms with Crippen LogP contribution in [0.2, 0.25) is 5.02 Å². The molecule has 5 nitrogen and oxygen atoms in total. The Hall–Kier alpha value is -3.70. The number of H-pyrrole nitrogens is 1. The van der Waals surface area contributed by atoms with Crippen LogP contribution in [-0.4, -0.2) is 25.5 Å². The van der Waals surface area contributed by atoms with Gasteiger partial charge in [0, 0.05) is 39.7 Å². The average Bonchev–Trinajstić information content (AvgIpc) is 3.37. The lowest BCUT2D eigenvalue weighted by atomic mass is 10.00. The maximum absolute atomic E-state index is 6.17. The first-order chi connectivity index (χ1) is 15.7. The number of hydrogen-bond acceptors (Lipinski definition) is 3. The first-order valence-corrected chi connectivity index (χ1v) is 11.0. The Bertz CT molecular complexity index is 1480. The summed E-state index contributed by atoms with van der Waals surface area (Å²) in [5.74, 6) is 1.70. The van der Waals surface area contributed by atoms with E-state index in [-0.39, 0.29) is 6.04 Å². The second kappa shape index (κ2) is 7.46. The highest BCUT2D eigenvalue weighted by atomic mass is 35.5. The maximum Gasteiger partial charge on any atom is 0.162 e. The topological polar surface area (TPSA) is 58.9 Å². The van der Waals surface area contributed by atoms with Gasteiger partial charge in [-0.15, -0.1) is 10.2 Å². The molecule has 1 aliphatic heterocycles. The standard InChI is InChI=1S/C26H20ClN5/c1-16-30-31-26-23(14-18-15-28-22-8-4-2-6-20(18)22)29-25(17-10-12-19(27)13-11-17)21-7-3-5-9-24(21)32(16)26/h2-13,15,23,28H,14H2,1H3. The second-order valence-corrected chi connectivity index (χ2v) is 8.46. The molecule has 1 unspecified atom stereocenters. The molecule has 1 N–H and O–H groups in total. The van der Waals surface area contributed by atoms with Crippen LogP contribution in [0.15, 0.2) is 84.0 Å². The number of aryl methyl sites for hydroxylation is 1. The van der Waals surface area contributed by atoms with Gasteiger partial charge in [-0.05, 0) is 36.8 Å². The molecule has 5 aromatic rings. The molecule has 0 amide bonds. The monoisotopic (exact) mass is 437 g/mol. The van der Waals surface area contributed by atoms with E-state index in [1.165, 1.54) is 10.9 Å². The van der Waals surface area contributed by atoms with Gasteiger partial charge in [-0.2, -0.15) is 0 Å². The number of rotatable bonds is 3. The summed E-state index contributed by atoms with van der Waals surface area (Å²) in [6.07, 6.45) is 2.79. The number of hydrogen-bond donors (Lipinski definition) is 1. The van der Waals surface area contributed by atoms with Gasteiger partial charge in [0.2, 0.25) is 0 Å². The summed E-state index contributed by atoms with van der Waals surface area (Å²) >= 11 is 6.17. The van der Waals surface area contributed by atoms with Gasteiger partial charge < -0.3 is 4.98 Å². The fraction of sp³-hybridized carbons (Fsp3) is 0.115. The van der Waals surface area contributed by atoms with Crippen molar-refractivity contribution in [3.8, 4) is 5.69 Å². The number of aromatic amines is 1. The number of aliphatic imine (C=N–C) groups is 1. The number of para-hydroxylation sites is 2. The van der Waals surface area contributed by atoms with Gasteiger partial charge in [-0.1, -0.05) is 60.1 Å². The molecule has 0 radical (unpaired) electrons. The molecule has 32 heavy (non-hydrogen) atoms. The van der Waals surface area contributed by atoms with Crippen LogP contribution in [0.1, 0.15) is 34.4 Å². The van der Waals surface area contributed by atoms with Gasteiger partial charge in [-0.25, -0.2) is 0 Å². The van der Waals surface area contributed by atoms with Gasteiger partial charge in [0.25, 0.3) is 0 Å². The van der Waals surface area contributed by atoms with Crippen LogP contribution >= 0.6 is 11.6 Å². The van der Waals surface area contributed by atoms with Crippen molar-refractivity contribution in [2.24, 2.45) is 4.99 Å². The quantitative estimate of drug-likeness (QED) is 0.385. The largest absolute Gasteiger partial charge is 0.361 e. The summed E-state index contributed by atoms with van der Waals surface area (Å²) in [4.78, 5) is 8.67. The van der Waals surface area contributed by atoms with E-state index in [4.69, 9.17) is 16.6 Å². The zero-order valence-electron chi connectivity index (χ0n) is 17.5. The average molecular weight is 438 g/mol. The molecule has 0 spiro atoms. The van der Waals surface area contributed by atoms with Gasteiger partial charge in [0.05, 0.1) is 11.4 Å². The third kappa shape index (κ3) is 3.05. The number of fused-ring (bicyclic) bond motifs is 4. The van der Waals surface area contributed by atoms with E-state index in [0.717, 1.165) is 39.7 Å². The molecule has 3 aromatic carbocycles.